The third kappa shape index (κ3) is 5.01. The average Bonchev–Trinajstić information content (AvgIpc) is 3.38. The molecule has 1 heterocycles. The fourth-order valence-corrected chi connectivity index (χ4v) is 6.84. The summed E-state index contributed by atoms with van der Waals surface area (Å²) >= 11 is 0. The van der Waals surface area contributed by atoms with Crippen LogP contribution >= 0.6 is 0 Å². The minimum Gasteiger partial charge on any atom is -0.228 e. The third-order valence-corrected chi connectivity index (χ3v) is 9.36. The van der Waals surface area contributed by atoms with Gasteiger partial charge in [-0.25, -0.2) is 9.97 Å². The quantitative estimate of drug-likeness (QED) is 0.197. The first-order chi connectivity index (χ1) is 23.0. The van der Waals surface area contributed by atoms with E-state index in [0.717, 1.165) is 61.5 Å². The predicted molar refractivity (Wildman–Crippen MR) is 191 cm³/mol. The first-order valence-electron chi connectivity index (χ1n) is 15.9. The largest absolute Gasteiger partial charge is 0.228 e. The van der Waals surface area contributed by atoms with E-state index in [0.29, 0.717) is 5.82 Å². The van der Waals surface area contributed by atoms with Gasteiger partial charge in [0, 0.05) is 27.7 Å². The first kappa shape index (κ1) is 28.4. The summed E-state index contributed by atoms with van der Waals surface area (Å²) in [6.45, 7) is 4.51. The highest BCUT2D eigenvalue weighted by Gasteiger charge is 2.37. The number of benzene rings is 6. The smallest absolute Gasteiger partial charge is 0.160 e. The number of hydrogen-bond donors (Lipinski definition) is 0. The molecule has 222 valence electrons. The van der Waals surface area contributed by atoms with E-state index in [-0.39, 0.29) is 5.41 Å². The zero-order valence-corrected chi connectivity index (χ0v) is 26.3. The minimum atomic E-state index is -0.178. The standard InChI is InChI=1S/C44H31N3/c1-44(2)38-18-10-17-36(28-45)42(38)37-24-23-35(26-39(37)44)34-16-9-15-33(25-34)29-19-21-31(22-20-29)41-27-40(30-11-5-3-6-12-30)46-43(47-41)32-13-7-4-8-14-32/h3-27H,1-2H3. The molecule has 0 amide bonds. The highest BCUT2D eigenvalue weighted by molar-refractivity contribution is 5.87. The van der Waals surface area contributed by atoms with E-state index in [1.807, 2.05) is 60.7 Å². The van der Waals surface area contributed by atoms with E-state index in [9.17, 15) is 5.26 Å². The van der Waals surface area contributed by atoms with Gasteiger partial charge < -0.3 is 0 Å². The minimum absolute atomic E-state index is 0.178. The van der Waals surface area contributed by atoms with Gasteiger partial charge >= 0.3 is 0 Å². The van der Waals surface area contributed by atoms with Gasteiger partial charge in [-0.2, -0.15) is 5.26 Å². The van der Waals surface area contributed by atoms with Gasteiger partial charge in [-0.15, -0.1) is 0 Å². The normalized spacial score (nSPS) is 12.6. The zero-order valence-electron chi connectivity index (χ0n) is 26.3. The molecule has 0 radical (unpaired) electrons. The van der Waals surface area contributed by atoms with E-state index in [1.54, 1.807) is 0 Å². The number of nitriles is 1. The SMILES string of the molecule is CC1(C)c2cc(-c3cccc(-c4ccc(-c5cc(-c6ccccc6)nc(-c6ccccc6)n5)cc4)c3)ccc2-c2c(C#N)cccc21. The summed E-state index contributed by atoms with van der Waals surface area (Å²) in [6, 6.07) is 55.0. The second-order valence-electron chi connectivity index (χ2n) is 12.6. The molecule has 0 unspecified atom stereocenters. The van der Waals surface area contributed by atoms with Gasteiger partial charge in [0.25, 0.3) is 0 Å². The molecule has 0 atom stereocenters. The van der Waals surface area contributed by atoms with Crippen LogP contribution in [-0.4, -0.2) is 9.97 Å². The van der Waals surface area contributed by atoms with Gasteiger partial charge in [0.1, 0.15) is 0 Å². The molecule has 8 rings (SSSR count). The molecule has 0 aliphatic heterocycles. The molecule has 1 aliphatic rings. The fourth-order valence-electron chi connectivity index (χ4n) is 6.84. The lowest BCUT2D eigenvalue weighted by atomic mass is 9.81. The topological polar surface area (TPSA) is 49.6 Å². The van der Waals surface area contributed by atoms with Crippen molar-refractivity contribution in [3.63, 3.8) is 0 Å². The van der Waals surface area contributed by atoms with Crippen molar-refractivity contribution in [2.45, 2.75) is 19.3 Å². The number of rotatable bonds is 5. The number of aromatic nitrogens is 2. The Morgan fingerprint density at radius 3 is 1.68 bits per heavy atom. The number of hydrogen-bond acceptors (Lipinski definition) is 3. The second-order valence-corrected chi connectivity index (χ2v) is 12.6. The van der Waals surface area contributed by atoms with Crippen molar-refractivity contribution in [3.05, 3.63) is 168 Å². The zero-order chi connectivity index (χ0) is 32.0. The number of nitrogens with zero attached hydrogens (tertiary/aromatic N) is 3. The Labute approximate surface area is 275 Å². The van der Waals surface area contributed by atoms with Crippen molar-refractivity contribution in [1.82, 2.24) is 9.97 Å². The molecule has 0 saturated carbocycles. The van der Waals surface area contributed by atoms with Crippen molar-refractivity contribution in [2.75, 3.05) is 0 Å². The molecule has 0 fully saturated rings. The van der Waals surface area contributed by atoms with Gasteiger partial charge in [-0.3, -0.25) is 0 Å². The van der Waals surface area contributed by atoms with E-state index in [4.69, 9.17) is 9.97 Å². The lowest BCUT2D eigenvalue weighted by Crippen LogP contribution is -2.15. The van der Waals surface area contributed by atoms with Crippen LogP contribution in [0.1, 0.15) is 30.5 Å². The van der Waals surface area contributed by atoms with Crippen LogP contribution in [0.15, 0.2) is 152 Å². The first-order valence-corrected chi connectivity index (χ1v) is 15.9. The van der Waals surface area contributed by atoms with Crippen LogP contribution in [0.5, 0.6) is 0 Å². The van der Waals surface area contributed by atoms with Crippen LogP contribution in [0.4, 0.5) is 0 Å². The van der Waals surface area contributed by atoms with Crippen molar-refractivity contribution in [1.29, 1.82) is 5.26 Å². The van der Waals surface area contributed by atoms with E-state index in [1.165, 1.54) is 16.7 Å². The van der Waals surface area contributed by atoms with Crippen LogP contribution in [0.25, 0.3) is 67.3 Å². The Kier molecular flexibility index (Phi) is 6.85. The van der Waals surface area contributed by atoms with Crippen molar-refractivity contribution in [3.8, 4) is 73.4 Å². The summed E-state index contributed by atoms with van der Waals surface area (Å²) in [5, 5.41) is 9.81. The van der Waals surface area contributed by atoms with Gasteiger partial charge in [0.15, 0.2) is 5.82 Å². The molecule has 1 aliphatic carbocycles. The van der Waals surface area contributed by atoms with E-state index in [2.05, 4.69) is 111 Å². The summed E-state index contributed by atoms with van der Waals surface area (Å²) in [6.07, 6.45) is 0. The Bertz CT molecular complexity index is 2260. The molecule has 1 aromatic heterocycles. The Balaban J connectivity index is 1.14. The molecular formula is C44H31N3. The summed E-state index contributed by atoms with van der Waals surface area (Å²) in [5.41, 5.74) is 14.8. The maximum atomic E-state index is 9.81. The summed E-state index contributed by atoms with van der Waals surface area (Å²) in [4.78, 5) is 9.92. The summed E-state index contributed by atoms with van der Waals surface area (Å²) < 4.78 is 0. The molecule has 0 saturated heterocycles. The van der Waals surface area contributed by atoms with E-state index < -0.39 is 0 Å². The Morgan fingerprint density at radius 1 is 0.468 bits per heavy atom. The maximum Gasteiger partial charge on any atom is 0.160 e. The Morgan fingerprint density at radius 2 is 1.00 bits per heavy atom. The van der Waals surface area contributed by atoms with Crippen LogP contribution in [0, 0.1) is 11.3 Å². The summed E-state index contributed by atoms with van der Waals surface area (Å²) in [5.74, 6) is 0.711. The molecule has 0 N–H and O–H groups in total. The fraction of sp³-hybridized carbons (Fsp3) is 0.0682. The highest BCUT2D eigenvalue weighted by atomic mass is 14.9. The molecule has 3 nitrogen and oxygen atoms in total. The van der Waals surface area contributed by atoms with Gasteiger partial charge in [0.05, 0.1) is 23.0 Å². The average molecular weight is 602 g/mol. The summed E-state index contributed by atoms with van der Waals surface area (Å²) in [7, 11) is 0. The molecule has 47 heavy (non-hydrogen) atoms. The van der Waals surface area contributed by atoms with Crippen LogP contribution in [0.3, 0.4) is 0 Å². The van der Waals surface area contributed by atoms with Crippen molar-refractivity contribution < 1.29 is 0 Å². The Hall–Kier alpha value is -6.11. The van der Waals surface area contributed by atoms with Gasteiger partial charge in [-0.1, -0.05) is 141 Å². The third-order valence-electron chi connectivity index (χ3n) is 9.36. The van der Waals surface area contributed by atoms with Gasteiger partial charge in [-0.05, 0) is 63.2 Å². The molecule has 0 spiro atoms. The predicted octanol–water partition coefficient (Wildman–Crippen LogP) is 11.0. The van der Waals surface area contributed by atoms with Crippen LogP contribution in [-0.2, 0) is 5.41 Å². The second kappa shape index (κ2) is 11.4. The lowest BCUT2D eigenvalue weighted by Gasteiger charge is -2.22. The molecule has 0 bridgehead atoms. The molecule has 6 aromatic carbocycles. The monoisotopic (exact) mass is 601 g/mol. The lowest BCUT2D eigenvalue weighted by molar-refractivity contribution is 0.660. The highest BCUT2D eigenvalue weighted by Crippen LogP contribution is 2.50. The molecular weight excluding hydrogens is 571 g/mol. The van der Waals surface area contributed by atoms with E-state index >= 15 is 0 Å². The molecule has 7 aromatic rings. The maximum absolute atomic E-state index is 9.81. The van der Waals surface area contributed by atoms with Crippen molar-refractivity contribution in [2.24, 2.45) is 0 Å². The van der Waals surface area contributed by atoms with Gasteiger partial charge in [0.2, 0.25) is 0 Å². The van der Waals surface area contributed by atoms with Crippen LogP contribution in [0.2, 0.25) is 0 Å². The van der Waals surface area contributed by atoms with Crippen molar-refractivity contribution >= 4 is 0 Å². The number of fused-ring (bicyclic) bond motifs is 3. The molecule has 3 heteroatoms. The van der Waals surface area contributed by atoms with Crippen LogP contribution < -0.4 is 0 Å².